The second-order valence-electron chi connectivity index (χ2n) is 9.49. The summed E-state index contributed by atoms with van der Waals surface area (Å²) in [5.41, 5.74) is 8.68. The predicted octanol–water partition coefficient (Wildman–Crippen LogP) is 10.7. The normalized spacial score (nSPS) is 14.2. The number of hydrogen-bond donors (Lipinski definition) is 0. The first-order chi connectivity index (χ1) is 17.1. The Morgan fingerprint density at radius 3 is 2.17 bits per heavy atom. The number of allylic oxidation sites excluding steroid dienone is 2. The summed E-state index contributed by atoms with van der Waals surface area (Å²) in [5, 5.41) is 0. The van der Waals surface area contributed by atoms with Crippen LogP contribution in [0.1, 0.15) is 99.5 Å². The molecule has 0 N–H and O–H groups in total. The fraction of sp³-hybridized carbons (Fsp3) is 0.429. The highest BCUT2D eigenvalue weighted by molar-refractivity contribution is 5.64. The summed E-state index contributed by atoms with van der Waals surface area (Å²) in [6.07, 6.45) is 17.4. The highest BCUT2D eigenvalue weighted by atomic mass is 14.3. The highest BCUT2D eigenvalue weighted by Crippen LogP contribution is 2.39. The van der Waals surface area contributed by atoms with Crippen LogP contribution in [0.15, 0.2) is 87.0 Å². The van der Waals surface area contributed by atoms with E-state index in [2.05, 4.69) is 108 Å². The van der Waals surface area contributed by atoms with E-state index in [4.69, 9.17) is 0 Å². The van der Waals surface area contributed by atoms with Crippen molar-refractivity contribution in [3.05, 3.63) is 115 Å². The van der Waals surface area contributed by atoms with Crippen molar-refractivity contribution in [3.8, 4) is 0 Å². The van der Waals surface area contributed by atoms with Crippen molar-refractivity contribution >= 4 is 6.08 Å². The minimum absolute atomic E-state index is 0.479. The third-order valence-corrected chi connectivity index (χ3v) is 7.13. The van der Waals surface area contributed by atoms with Crippen LogP contribution in [0.2, 0.25) is 0 Å². The van der Waals surface area contributed by atoms with Crippen LogP contribution in [0.25, 0.3) is 6.08 Å². The van der Waals surface area contributed by atoms with Crippen LogP contribution < -0.4 is 0 Å². The summed E-state index contributed by atoms with van der Waals surface area (Å²) in [6.45, 7) is 23.4. The Bertz CT molecular complexity index is 898. The van der Waals surface area contributed by atoms with Crippen LogP contribution in [0.4, 0.5) is 0 Å². The fourth-order valence-corrected chi connectivity index (χ4v) is 4.88. The quantitative estimate of drug-likeness (QED) is 0.202. The Morgan fingerprint density at radius 1 is 0.800 bits per heavy atom. The number of hydrogen-bond acceptors (Lipinski definition) is 0. The van der Waals surface area contributed by atoms with Crippen LogP contribution in [0.3, 0.4) is 0 Å². The maximum Gasteiger partial charge on any atom is 0.00899 e. The SMILES string of the molecule is C=C.C=C.C=C(CCc1cccc(CC)c1)C(C)C1C=Cc2cc(CCCCCCCC)ccc21. The van der Waals surface area contributed by atoms with E-state index in [1.165, 1.54) is 78.3 Å². The molecule has 0 saturated heterocycles. The first-order valence-electron chi connectivity index (χ1n) is 13.7. The van der Waals surface area contributed by atoms with Crippen molar-refractivity contribution in [2.75, 3.05) is 0 Å². The second kappa shape index (κ2) is 17.8. The topological polar surface area (TPSA) is 0 Å². The lowest BCUT2D eigenvalue weighted by Crippen LogP contribution is -2.09. The molecule has 2 aromatic rings. The van der Waals surface area contributed by atoms with Crippen LogP contribution in [-0.4, -0.2) is 0 Å². The Hall–Kier alpha value is -2.60. The van der Waals surface area contributed by atoms with Gasteiger partial charge in [-0.3, -0.25) is 0 Å². The smallest absolute Gasteiger partial charge is 0.00899 e. The van der Waals surface area contributed by atoms with Crippen LogP contribution >= 0.6 is 0 Å². The van der Waals surface area contributed by atoms with Crippen molar-refractivity contribution in [2.24, 2.45) is 5.92 Å². The van der Waals surface area contributed by atoms with Gasteiger partial charge >= 0.3 is 0 Å². The van der Waals surface area contributed by atoms with Gasteiger partial charge in [-0.15, -0.1) is 26.3 Å². The molecule has 2 unspecified atom stereocenters. The van der Waals surface area contributed by atoms with E-state index in [1.54, 1.807) is 0 Å². The van der Waals surface area contributed by atoms with Crippen molar-refractivity contribution in [3.63, 3.8) is 0 Å². The van der Waals surface area contributed by atoms with Gasteiger partial charge < -0.3 is 0 Å². The Labute approximate surface area is 217 Å². The van der Waals surface area contributed by atoms with Crippen molar-refractivity contribution < 1.29 is 0 Å². The lowest BCUT2D eigenvalue weighted by atomic mass is 9.82. The van der Waals surface area contributed by atoms with Crippen molar-refractivity contribution in [2.45, 2.75) is 90.9 Å². The molecule has 0 fully saturated rings. The maximum absolute atomic E-state index is 4.48. The molecule has 1 aliphatic carbocycles. The van der Waals surface area contributed by atoms with Gasteiger partial charge in [-0.05, 0) is 65.8 Å². The van der Waals surface area contributed by atoms with E-state index in [0.717, 1.165) is 19.3 Å². The molecular weight excluding hydrogens is 420 g/mol. The highest BCUT2D eigenvalue weighted by Gasteiger charge is 2.24. The van der Waals surface area contributed by atoms with Gasteiger partial charge in [0.1, 0.15) is 0 Å². The molecule has 0 nitrogen and oxygen atoms in total. The third-order valence-electron chi connectivity index (χ3n) is 7.13. The molecule has 0 heterocycles. The van der Waals surface area contributed by atoms with Crippen LogP contribution in [0, 0.1) is 5.92 Å². The first kappa shape index (κ1) is 30.4. The number of unbranched alkanes of at least 4 members (excludes halogenated alkanes) is 5. The summed E-state index contributed by atoms with van der Waals surface area (Å²) in [5.74, 6) is 0.962. The zero-order valence-corrected chi connectivity index (χ0v) is 23.0. The van der Waals surface area contributed by atoms with E-state index in [-0.39, 0.29) is 0 Å². The molecule has 2 atom stereocenters. The Kier molecular flexibility index (Phi) is 15.5. The number of rotatable bonds is 13. The van der Waals surface area contributed by atoms with E-state index < -0.39 is 0 Å². The summed E-state index contributed by atoms with van der Waals surface area (Å²) >= 11 is 0. The zero-order valence-electron chi connectivity index (χ0n) is 23.0. The molecule has 0 heteroatoms. The zero-order chi connectivity index (χ0) is 26.1. The van der Waals surface area contributed by atoms with Gasteiger partial charge in [-0.25, -0.2) is 0 Å². The molecule has 1 aliphatic rings. The lowest BCUT2D eigenvalue weighted by molar-refractivity contribution is 0.587. The van der Waals surface area contributed by atoms with Gasteiger partial charge in [0.25, 0.3) is 0 Å². The Balaban J connectivity index is 0.00000145. The van der Waals surface area contributed by atoms with Crippen LogP contribution in [0.5, 0.6) is 0 Å². The van der Waals surface area contributed by atoms with Crippen LogP contribution in [-0.2, 0) is 19.3 Å². The van der Waals surface area contributed by atoms with Gasteiger partial charge in [0.15, 0.2) is 0 Å². The molecule has 2 aromatic carbocycles. The Morgan fingerprint density at radius 2 is 1.46 bits per heavy atom. The molecule has 3 rings (SSSR count). The van der Waals surface area contributed by atoms with E-state index in [9.17, 15) is 0 Å². The average Bonchev–Trinajstić information content (AvgIpc) is 3.34. The molecule has 0 spiro atoms. The number of aryl methyl sites for hydroxylation is 3. The molecular formula is C35H50. The second-order valence-corrected chi connectivity index (χ2v) is 9.49. The molecule has 0 saturated carbocycles. The van der Waals surface area contributed by atoms with Gasteiger partial charge in [-0.2, -0.15) is 0 Å². The third kappa shape index (κ3) is 9.88. The minimum Gasteiger partial charge on any atom is -0.106 e. The first-order valence-corrected chi connectivity index (χ1v) is 13.7. The number of benzene rings is 2. The summed E-state index contributed by atoms with van der Waals surface area (Å²) in [6, 6.07) is 16.2. The van der Waals surface area contributed by atoms with E-state index in [0.29, 0.717) is 11.8 Å². The van der Waals surface area contributed by atoms with Crippen molar-refractivity contribution in [1.29, 1.82) is 0 Å². The average molecular weight is 471 g/mol. The monoisotopic (exact) mass is 470 g/mol. The lowest BCUT2D eigenvalue weighted by Gasteiger charge is -2.22. The predicted molar refractivity (Wildman–Crippen MR) is 160 cm³/mol. The maximum atomic E-state index is 4.48. The molecule has 0 bridgehead atoms. The summed E-state index contributed by atoms with van der Waals surface area (Å²) in [7, 11) is 0. The molecule has 35 heavy (non-hydrogen) atoms. The van der Waals surface area contributed by atoms with Crippen molar-refractivity contribution in [1.82, 2.24) is 0 Å². The van der Waals surface area contributed by atoms with Gasteiger partial charge in [0.05, 0.1) is 0 Å². The number of fused-ring (bicyclic) bond motifs is 1. The molecule has 190 valence electrons. The summed E-state index contributed by atoms with van der Waals surface area (Å²) < 4.78 is 0. The minimum atomic E-state index is 0.479. The molecule has 0 amide bonds. The van der Waals surface area contributed by atoms with Gasteiger partial charge in [-0.1, -0.05) is 120 Å². The van der Waals surface area contributed by atoms with E-state index in [1.807, 2.05) is 0 Å². The van der Waals surface area contributed by atoms with E-state index >= 15 is 0 Å². The standard InChI is InChI=1S/C31H42.2C2H4/c1-5-7-8-9-10-11-13-28-18-20-31-29(23-28)19-21-30(31)25(4)24(3)16-17-27-15-12-14-26(6-2)22-27;2*1-2/h12,14-15,18-23,25,30H,3,5-11,13,16-17H2,1-2,4H3;2*1-2H2. The molecule has 0 aliphatic heterocycles. The van der Waals surface area contributed by atoms with Gasteiger partial charge in [0.2, 0.25) is 0 Å². The molecule has 0 radical (unpaired) electrons. The fourth-order valence-electron chi connectivity index (χ4n) is 4.88. The van der Waals surface area contributed by atoms with Gasteiger partial charge in [0, 0.05) is 5.92 Å². The summed E-state index contributed by atoms with van der Waals surface area (Å²) in [4.78, 5) is 0. The molecule has 0 aromatic heterocycles. The largest absolute Gasteiger partial charge is 0.106 e.